The maximum atomic E-state index is 12.0. The number of hydrogen-bond acceptors (Lipinski definition) is 3. The topological polar surface area (TPSA) is 54.0 Å². The van der Waals surface area contributed by atoms with Gasteiger partial charge in [-0.25, -0.2) is 0 Å². The van der Waals surface area contributed by atoms with Gasteiger partial charge in [0.25, 0.3) is 0 Å². The molecule has 0 spiro atoms. The summed E-state index contributed by atoms with van der Waals surface area (Å²) in [4.78, 5) is 16.5. The zero-order valence-electron chi connectivity index (χ0n) is 11.0. The van der Waals surface area contributed by atoms with Crippen molar-refractivity contribution < 1.29 is 4.79 Å². The van der Waals surface area contributed by atoms with Gasteiger partial charge in [0.2, 0.25) is 5.91 Å². The van der Waals surface area contributed by atoms with E-state index in [2.05, 4.69) is 31.5 Å². The van der Waals surface area contributed by atoms with E-state index < -0.39 is 0 Å². The van der Waals surface area contributed by atoms with Crippen molar-refractivity contribution in [3.8, 4) is 0 Å². The number of fused-ring (bicyclic) bond motifs is 1. The van der Waals surface area contributed by atoms with Crippen LogP contribution in [0.4, 0.5) is 5.69 Å². The van der Waals surface area contributed by atoms with Gasteiger partial charge >= 0.3 is 0 Å². The van der Waals surface area contributed by atoms with Gasteiger partial charge in [0.05, 0.1) is 11.2 Å². The van der Waals surface area contributed by atoms with Crippen molar-refractivity contribution in [2.24, 2.45) is 0 Å². The smallest absolute Gasteiger partial charge is 0.242 e. The van der Waals surface area contributed by atoms with Crippen LogP contribution in [0.15, 0.2) is 34.9 Å². The molecule has 1 amide bonds. The number of benzene rings is 1. The van der Waals surface area contributed by atoms with Crippen LogP contribution in [0.2, 0.25) is 0 Å². The molecule has 2 aromatic rings. The Morgan fingerprint density at radius 2 is 2.25 bits per heavy atom. The van der Waals surface area contributed by atoms with E-state index in [1.807, 2.05) is 24.3 Å². The van der Waals surface area contributed by atoms with Gasteiger partial charge in [-0.15, -0.1) is 0 Å². The van der Waals surface area contributed by atoms with Crippen molar-refractivity contribution in [2.75, 3.05) is 11.9 Å². The number of pyridine rings is 1. The first-order valence-electron chi connectivity index (χ1n) is 6.82. The van der Waals surface area contributed by atoms with Gasteiger partial charge < -0.3 is 10.6 Å². The van der Waals surface area contributed by atoms with Gasteiger partial charge in [0.15, 0.2) is 0 Å². The summed E-state index contributed by atoms with van der Waals surface area (Å²) in [7, 11) is 0. The number of rotatable bonds is 2. The minimum Gasteiger partial charge on any atom is -0.372 e. The summed E-state index contributed by atoms with van der Waals surface area (Å²) in [6.07, 6.45) is 4.74. The Balaban J connectivity index is 1.92. The molecule has 1 atom stereocenters. The standard InChI is InChI=1S/C15H16BrN3O/c16-11-8-10-4-3-6-12(14(10)18-9-11)19-13-5-1-2-7-17-15(13)20/h3-4,6,8-9,13,19H,1-2,5,7H2,(H,17,20). The largest absolute Gasteiger partial charge is 0.372 e. The summed E-state index contributed by atoms with van der Waals surface area (Å²) >= 11 is 3.43. The van der Waals surface area contributed by atoms with Crippen LogP contribution in [0.1, 0.15) is 19.3 Å². The average molecular weight is 334 g/mol. The number of halogens is 1. The highest BCUT2D eigenvalue weighted by molar-refractivity contribution is 9.10. The predicted molar refractivity (Wildman–Crippen MR) is 83.7 cm³/mol. The second-order valence-electron chi connectivity index (χ2n) is 5.01. The molecule has 2 heterocycles. The Bertz CT molecular complexity index is 644. The highest BCUT2D eigenvalue weighted by Crippen LogP contribution is 2.25. The monoisotopic (exact) mass is 333 g/mol. The van der Waals surface area contributed by atoms with Gasteiger partial charge in [-0.1, -0.05) is 12.1 Å². The van der Waals surface area contributed by atoms with E-state index in [1.165, 1.54) is 0 Å². The lowest BCUT2D eigenvalue weighted by Gasteiger charge is -2.17. The fraction of sp³-hybridized carbons (Fsp3) is 0.333. The molecule has 0 aliphatic carbocycles. The Labute approximate surface area is 126 Å². The van der Waals surface area contributed by atoms with E-state index in [-0.39, 0.29) is 11.9 Å². The second-order valence-corrected chi connectivity index (χ2v) is 5.93. The number of hydrogen-bond donors (Lipinski definition) is 2. The van der Waals surface area contributed by atoms with Crippen LogP contribution in [0, 0.1) is 0 Å². The molecule has 2 N–H and O–H groups in total. The van der Waals surface area contributed by atoms with Crippen LogP contribution in [-0.2, 0) is 4.79 Å². The first-order valence-corrected chi connectivity index (χ1v) is 7.62. The van der Waals surface area contributed by atoms with E-state index in [0.29, 0.717) is 0 Å². The quantitative estimate of drug-likeness (QED) is 0.887. The summed E-state index contributed by atoms with van der Waals surface area (Å²) in [5.74, 6) is 0.0802. The Hall–Kier alpha value is -1.62. The number of aromatic nitrogens is 1. The molecule has 5 heteroatoms. The van der Waals surface area contributed by atoms with Crippen LogP contribution >= 0.6 is 15.9 Å². The SMILES string of the molecule is O=C1NCCCCC1Nc1cccc2cc(Br)cnc12. The average Bonchev–Trinajstić information content (AvgIpc) is 2.64. The molecule has 1 aliphatic rings. The predicted octanol–water partition coefficient (Wildman–Crippen LogP) is 3.08. The van der Waals surface area contributed by atoms with Crippen molar-refractivity contribution in [3.63, 3.8) is 0 Å². The molecule has 0 saturated carbocycles. The van der Waals surface area contributed by atoms with Gasteiger partial charge in [-0.3, -0.25) is 9.78 Å². The normalized spacial score (nSPS) is 19.4. The van der Waals surface area contributed by atoms with Crippen molar-refractivity contribution in [2.45, 2.75) is 25.3 Å². The van der Waals surface area contributed by atoms with E-state index >= 15 is 0 Å². The van der Waals surface area contributed by atoms with Gasteiger partial charge in [0, 0.05) is 22.6 Å². The molecular weight excluding hydrogens is 318 g/mol. The third-order valence-corrected chi connectivity index (χ3v) is 3.98. The lowest BCUT2D eigenvalue weighted by molar-refractivity contribution is -0.121. The van der Waals surface area contributed by atoms with Crippen molar-refractivity contribution in [3.05, 3.63) is 34.9 Å². The molecule has 1 aromatic heterocycles. The second kappa shape index (κ2) is 5.79. The van der Waals surface area contributed by atoms with Crippen LogP contribution in [-0.4, -0.2) is 23.5 Å². The molecular formula is C15H16BrN3O. The number of para-hydroxylation sites is 1. The molecule has 1 fully saturated rings. The Kier molecular flexibility index (Phi) is 3.87. The summed E-state index contributed by atoms with van der Waals surface area (Å²) in [6, 6.07) is 7.83. The van der Waals surface area contributed by atoms with E-state index in [9.17, 15) is 4.79 Å². The summed E-state index contributed by atoms with van der Waals surface area (Å²) < 4.78 is 0.953. The van der Waals surface area contributed by atoms with Crippen LogP contribution < -0.4 is 10.6 Å². The van der Waals surface area contributed by atoms with Crippen molar-refractivity contribution >= 4 is 38.4 Å². The third-order valence-electron chi connectivity index (χ3n) is 3.54. The number of nitrogens with zero attached hydrogens (tertiary/aromatic N) is 1. The van der Waals surface area contributed by atoms with E-state index in [0.717, 1.165) is 46.9 Å². The van der Waals surface area contributed by atoms with Gasteiger partial charge in [-0.2, -0.15) is 0 Å². The lowest BCUT2D eigenvalue weighted by atomic mass is 10.1. The molecule has 3 rings (SSSR count). The summed E-state index contributed by atoms with van der Waals surface area (Å²) in [5, 5.41) is 7.34. The first-order chi connectivity index (χ1) is 9.74. The molecule has 0 bridgehead atoms. The molecule has 20 heavy (non-hydrogen) atoms. The van der Waals surface area contributed by atoms with Gasteiger partial charge in [0.1, 0.15) is 6.04 Å². The number of carbonyl (C=O) groups excluding carboxylic acids is 1. The van der Waals surface area contributed by atoms with Crippen molar-refractivity contribution in [1.29, 1.82) is 0 Å². The zero-order valence-corrected chi connectivity index (χ0v) is 12.6. The number of amides is 1. The molecule has 4 nitrogen and oxygen atoms in total. The van der Waals surface area contributed by atoms with E-state index in [4.69, 9.17) is 0 Å². The highest BCUT2D eigenvalue weighted by Gasteiger charge is 2.20. The number of carbonyl (C=O) groups is 1. The number of anilines is 1. The molecule has 104 valence electrons. The molecule has 1 aromatic carbocycles. The van der Waals surface area contributed by atoms with E-state index in [1.54, 1.807) is 6.20 Å². The van der Waals surface area contributed by atoms with Crippen LogP contribution in [0.3, 0.4) is 0 Å². The Morgan fingerprint density at radius 3 is 3.15 bits per heavy atom. The Morgan fingerprint density at radius 1 is 1.35 bits per heavy atom. The maximum absolute atomic E-state index is 12.0. The highest BCUT2D eigenvalue weighted by atomic mass is 79.9. The molecule has 1 unspecified atom stereocenters. The minimum absolute atomic E-state index is 0.0802. The van der Waals surface area contributed by atoms with Crippen molar-refractivity contribution in [1.82, 2.24) is 10.3 Å². The zero-order chi connectivity index (χ0) is 13.9. The summed E-state index contributed by atoms with van der Waals surface area (Å²) in [5.41, 5.74) is 1.81. The van der Waals surface area contributed by atoms with Crippen LogP contribution in [0.25, 0.3) is 10.9 Å². The fourth-order valence-corrected chi connectivity index (χ4v) is 2.86. The third kappa shape index (κ3) is 2.77. The van der Waals surface area contributed by atoms with Crippen LogP contribution in [0.5, 0.6) is 0 Å². The number of nitrogens with one attached hydrogen (secondary N) is 2. The fourth-order valence-electron chi connectivity index (χ4n) is 2.52. The first kappa shape index (κ1) is 13.4. The van der Waals surface area contributed by atoms with Gasteiger partial charge in [-0.05, 0) is 47.3 Å². The molecule has 0 radical (unpaired) electrons. The minimum atomic E-state index is -0.173. The lowest BCUT2D eigenvalue weighted by Crippen LogP contribution is -2.37. The molecule has 1 saturated heterocycles. The molecule has 1 aliphatic heterocycles. The summed E-state index contributed by atoms with van der Waals surface area (Å²) in [6.45, 7) is 0.776. The maximum Gasteiger partial charge on any atom is 0.242 e.